The Kier molecular flexibility index (Phi) is 24.6. The zero-order chi connectivity index (χ0) is 79.0. The molecule has 9 aromatic rings. The highest BCUT2D eigenvalue weighted by Gasteiger charge is 2.28. The zero-order valence-electron chi connectivity index (χ0n) is 68.6. The maximum atomic E-state index is 11.8. The van der Waals surface area contributed by atoms with Crippen molar-refractivity contribution in [1.29, 1.82) is 0 Å². The lowest BCUT2D eigenvalue weighted by Gasteiger charge is -2.25. The first kappa shape index (κ1) is 83.5. The minimum absolute atomic E-state index is 0.0255. The molecule has 0 aromatic heterocycles. The van der Waals surface area contributed by atoms with E-state index in [1.54, 1.807) is 36.4 Å². The second-order valence-corrected chi connectivity index (χ2v) is 38.8. The summed E-state index contributed by atoms with van der Waals surface area (Å²) in [6.07, 6.45) is 2.44. The summed E-state index contributed by atoms with van der Waals surface area (Å²) in [5.74, 6) is 2.01. The second kappa shape index (κ2) is 30.9. The average molecular weight is 1420 g/mol. The van der Waals surface area contributed by atoms with Crippen molar-refractivity contribution < 1.29 is 46.0 Å². The van der Waals surface area contributed by atoms with Gasteiger partial charge in [0.15, 0.2) is 0 Å². The third-order valence-electron chi connectivity index (χ3n) is 20.4. The molecule has 0 heterocycles. The Balaban J connectivity index is 0.000000234. The van der Waals surface area contributed by atoms with E-state index in [2.05, 4.69) is 187 Å². The molecule has 0 unspecified atom stereocenters. The number of benzene rings is 9. The SMILES string of the molecule is CC(C)(C)c1ccc(O)c(Cc2cc(C(C)(C)C)cc(Cc3cc(C(C)(C)C)cc(Cc4cc(C(C)(C)C)ccc4O)c3O)c2O)c1.CC(C)(C)c1ccc(O)c(Cc2cc(C(C)(C)C)cc(Cc3cc(C(C)(C)C)ccc3O)c2O)c1.CC(C)(C)c1ccc(O)c(Cc2cc(C(C)(C)C)ccc2O)c1. The van der Waals surface area contributed by atoms with Crippen LogP contribution >= 0.6 is 0 Å². The first-order valence-corrected chi connectivity index (χ1v) is 37.4. The smallest absolute Gasteiger partial charge is 0.122 e. The van der Waals surface area contributed by atoms with Crippen LogP contribution in [0.2, 0.25) is 0 Å². The van der Waals surface area contributed by atoms with Crippen molar-refractivity contribution in [2.45, 2.75) is 274 Å². The molecule has 0 aliphatic heterocycles. The van der Waals surface area contributed by atoms with Crippen LogP contribution in [0.25, 0.3) is 0 Å². The van der Waals surface area contributed by atoms with Gasteiger partial charge in [0.25, 0.3) is 0 Å². The molecular weight excluding hydrogens is 1300 g/mol. The van der Waals surface area contributed by atoms with Gasteiger partial charge in [0.1, 0.15) is 51.7 Å². The van der Waals surface area contributed by atoms with E-state index in [1.165, 1.54) is 11.1 Å². The van der Waals surface area contributed by atoms with Gasteiger partial charge in [-0.3, -0.25) is 0 Å². The van der Waals surface area contributed by atoms with Gasteiger partial charge in [-0.15, -0.1) is 0 Å². The Morgan fingerprint density at radius 2 is 0.257 bits per heavy atom. The van der Waals surface area contributed by atoms with Crippen LogP contribution in [0, 0.1) is 0 Å². The highest BCUT2D eigenvalue weighted by Crippen LogP contribution is 2.43. The van der Waals surface area contributed by atoms with E-state index in [1.807, 2.05) is 109 Å². The molecule has 0 saturated carbocycles. The van der Waals surface area contributed by atoms with Gasteiger partial charge in [0, 0.05) is 38.5 Å². The Morgan fingerprint density at radius 1 is 0.152 bits per heavy atom. The van der Waals surface area contributed by atoms with E-state index in [4.69, 9.17) is 0 Å². The summed E-state index contributed by atoms with van der Waals surface area (Å²) < 4.78 is 0. The van der Waals surface area contributed by atoms with E-state index in [0.29, 0.717) is 38.5 Å². The molecule has 105 heavy (non-hydrogen) atoms. The van der Waals surface area contributed by atoms with E-state index < -0.39 is 0 Å². The fourth-order valence-electron chi connectivity index (χ4n) is 12.8. The molecule has 9 heteroatoms. The Hall–Kier alpha value is -8.82. The third-order valence-corrected chi connectivity index (χ3v) is 20.4. The maximum absolute atomic E-state index is 11.8. The summed E-state index contributed by atoms with van der Waals surface area (Å²) in [5.41, 5.74) is 18.7. The quantitative estimate of drug-likeness (QED) is 0.0575. The minimum Gasteiger partial charge on any atom is -0.508 e. The topological polar surface area (TPSA) is 182 Å². The highest BCUT2D eigenvalue weighted by atomic mass is 16.3. The van der Waals surface area contributed by atoms with Crippen molar-refractivity contribution in [3.63, 3.8) is 0 Å². The van der Waals surface area contributed by atoms with Gasteiger partial charge in [-0.2, -0.15) is 0 Å². The van der Waals surface area contributed by atoms with E-state index in [0.717, 1.165) is 106 Å². The summed E-state index contributed by atoms with van der Waals surface area (Å²) in [6.45, 7) is 58.1. The van der Waals surface area contributed by atoms with E-state index in [-0.39, 0.29) is 100 Å². The van der Waals surface area contributed by atoms with Crippen molar-refractivity contribution in [3.05, 3.63) is 262 Å². The fraction of sp³-hybridized carbons (Fsp3) is 0.438. The molecule has 0 aliphatic carbocycles. The molecule has 0 amide bonds. The number of hydrogen-bond donors (Lipinski definition) is 9. The molecular formula is C96H126O9. The first-order valence-electron chi connectivity index (χ1n) is 37.4. The first-order chi connectivity index (χ1) is 47.9. The van der Waals surface area contributed by atoms with Crippen LogP contribution in [0.4, 0.5) is 0 Å². The van der Waals surface area contributed by atoms with Gasteiger partial charge < -0.3 is 46.0 Å². The predicted octanol–water partition coefficient (Wildman–Crippen LogP) is 23.6. The summed E-state index contributed by atoms with van der Waals surface area (Å²) in [5, 5.41) is 98.3. The van der Waals surface area contributed by atoms with Crippen molar-refractivity contribution in [3.8, 4) is 51.7 Å². The van der Waals surface area contributed by atoms with Gasteiger partial charge in [0.2, 0.25) is 0 Å². The average Bonchev–Trinajstić information content (AvgIpc) is 0.787. The molecule has 0 atom stereocenters. The van der Waals surface area contributed by atoms with Crippen LogP contribution in [0.1, 0.15) is 304 Å². The molecule has 9 rings (SSSR count). The molecule has 9 N–H and O–H groups in total. The van der Waals surface area contributed by atoms with E-state index in [9.17, 15) is 46.0 Å². The molecule has 0 fully saturated rings. The van der Waals surface area contributed by atoms with Gasteiger partial charge >= 0.3 is 0 Å². The Bertz CT molecular complexity index is 4290. The normalized spacial score (nSPS) is 12.7. The monoisotopic (exact) mass is 1420 g/mol. The van der Waals surface area contributed by atoms with Crippen LogP contribution in [0.5, 0.6) is 51.7 Å². The van der Waals surface area contributed by atoms with Crippen LogP contribution in [0.15, 0.2) is 146 Å². The lowest BCUT2D eigenvalue weighted by Crippen LogP contribution is -2.14. The van der Waals surface area contributed by atoms with Gasteiger partial charge in [0.05, 0.1) is 0 Å². The van der Waals surface area contributed by atoms with Crippen molar-refractivity contribution >= 4 is 0 Å². The highest BCUT2D eigenvalue weighted by molar-refractivity contribution is 5.58. The maximum Gasteiger partial charge on any atom is 0.122 e. The van der Waals surface area contributed by atoms with Gasteiger partial charge in [-0.05, 0) is 202 Å². The predicted molar refractivity (Wildman–Crippen MR) is 438 cm³/mol. The van der Waals surface area contributed by atoms with Crippen LogP contribution in [-0.4, -0.2) is 46.0 Å². The Labute approximate surface area is 630 Å². The Morgan fingerprint density at radius 3 is 0.381 bits per heavy atom. The summed E-state index contributed by atoms with van der Waals surface area (Å²) in [6, 6.07) is 46.8. The van der Waals surface area contributed by atoms with Crippen molar-refractivity contribution in [2.24, 2.45) is 0 Å². The fourth-order valence-corrected chi connectivity index (χ4v) is 12.8. The van der Waals surface area contributed by atoms with Crippen LogP contribution < -0.4 is 0 Å². The molecule has 9 nitrogen and oxygen atoms in total. The van der Waals surface area contributed by atoms with E-state index >= 15 is 0 Å². The largest absolute Gasteiger partial charge is 0.508 e. The summed E-state index contributed by atoms with van der Waals surface area (Å²) >= 11 is 0. The van der Waals surface area contributed by atoms with Gasteiger partial charge in [-0.1, -0.05) is 296 Å². The molecule has 0 spiro atoms. The van der Waals surface area contributed by atoms with Crippen LogP contribution in [-0.2, 0) is 87.3 Å². The number of phenolic OH excluding ortho intramolecular Hbond substituents is 9. The van der Waals surface area contributed by atoms with Crippen molar-refractivity contribution in [1.82, 2.24) is 0 Å². The number of hydrogen-bond acceptors (Lipinski definition) is 9. The molecule has 0 radical (unpaired) electrons. The van der Waals surface area contributed by atoms with Crippen LogP contribution in [0.3, 0.4) is 0 Å². The number of phenols is 9. The summed E-state index contributed by atoms with van der Waals surface area (Å²) in [7, 11) is 0. The summed E-state index contributed by atoms with van der Waals surface area (Å²) in [4.78, 5) is 0. The van der Waals surface area contributed by atoms with Crippen molar-refractivity contribution in [2.75, 3.05) is 0 Å². The number of rotatable bonds is 12. The molecule has 0 bridgehead atoms. The van der Waals surface area contributed by atoms with Gasteiger partial charge in [-0.25, -0.2) is 0 Å². The molecule has 564 valence electrons. The zero-order valence-corrected chi connectivity index (χ0v) is 68.6. The third kappa shape index (κ3) is 21.7. The minimum atomic E-state index is -0.192. The molecule has 0 aliphatic rings. The lowest BCUT2D eigenvalue weighted by atomic mass is 9.80. The number of aromatic hydroxyl groups is 9. The lowest BCUT2D eigenvalue weighted by molar-refractivity contribution is 0.451. The second-order valence-electron chi connectivity index (χ2n) is 38.8. The standard InChI is InChI=1S/C43H56O4.C32H42O3.C21H28O2/c1-40(2,3)32-13-15-36(44)26(20-32)17-28-22-34(42(7,8)9)24-30(38(28)46)19-31-25-35(43(10,11)12)23-29(39(31)47)18-27-21-33(41(4,5)6)14-16-37(27)45;1-30(2,3)24-10-12-27(33)20(16-24)14-22-18-26(32(7,8)9)19-23(29(22)35)15-21-17-25(31(4,5)6)11-13-28(21)34;1-20(2,3)16-7-9-18(22)14(12-16)11-15-13-17(21(4,5)6)8-10-19(15)23/h13-16,20-25,44-47H,17-19H2,1-12H3;10-13,16-19,33-35H,14-15H2,1-9H3;7-10,12-13,22-23H,11H2,1-6H3. The molecule has 0 saturated heterocycles. The molecule has 9 aromatic carbocycles.